The summed E-state index contributed by atoms with van der Waals surface area (Å²) in [6.07, 6.45) is 1.87. The van der Waals surface area contributed by atoms with E-state index in [1.807, 2.05) is 6.92 Å². The molecule has 0 fully saturated rings. The zero-order valence-electron chi connectivity index (χ0n) is 8.13. The molecule has 0 aromatic heterocycles. The molecule has 0 heterocycles. The average Bonchev–Trinajstić information content (AvgIpc) is 2.07. The first kappa shape index (κ1) is 11.6. The fourth-order valence-electron chi connectivity index (χ4n) is 1.08. The van der Waals surface area contributed by atoms with E-state index < -0.39 is 0 Å². The van der Waals surface area contributed by atoms with Gasteiger partial charge in [-0.1, -0.05) is 6.92 Å². The third kappa shape index (κ3) is 4.46. The normalized spacial score (nSPS) is 12.9. The maximum absolute atomic E-state index is 11.3. The van der Waals surface area contributed by atoms with Gasteiger partial charge in [-0.2, -0.15) is 0 Å². The maximum Gasteiger partial charge on any atom is 0.161 e. The van der Waals surface area contributed by atoms with Crippen molar-refractivity contribution in [3.63, 3.8) is 0 Å². The van der Waals surface area contributed by atoms with Crippen molar-refractivity contribution < 1.29 is 14.3 Å². The van der Waals surface area contributed by atoms with Gasteiger partial charge in [-0.15, -0.1) is 0 Å². The van der Waals surface area contributed by atoms with Crippen LogP contribution in [-0.4, -0.2) is 32.7 Å². The lowest BCUT2D eigenvalue weighted by atomic mass is 10.1. The number of carbonyl (C=O) groups excluding carboxylic acids is 1. The lowest BCUT2D eigenvalue weighted by Gasteiger charge is -2.10. The Balaban J connectivity index is 3.54. The van der Waals surface area contributed by atoms with E-state index in [4.69, 9.17) is 9.47 Å². The Bertz CT molecular complexity index is 119. The van der Waals surface area contributed by atoms with E-state index in [9.17, 15) is 4.79 Å². The summed E-state index contributed by atoms with van der Waals surface area (Å²) in [6, 6.07) is 0. The molecule has 0 bridgehead atoms. The van der Waals surface area contributed by atoms with E-state index >= 15 is 0 Å². The van der Waals surface area contributed by atoms with Crippen molar-refractivity contribution in [3.8, 4) is 0 Å². The minimum absolute atomic E-state index is 0.178. The van der Waals surface area contributed by atoms with Gasteiger partial charge in [0, 0.05) is 27.2 Å². The van der Waals surface area contributed by atoms with Crippen LogP contribution in [0.5, 0.6) is 0 Å². The van der Waals surface area contributed by atoms with Gasteiger partial charge in [0.2, 0.25) is 0 Å². The largest absolute Gasteiger partial charge is 0.385 e. The molecule has 72 valence electrons. The third-order valence-corrected chi connectivity index (χ3v) is 1.79. The molecule has 0 radical (unpaired) electrons. The van der Waals surface area contributed by atoms with Gasteiger partial charge >= 0.3 is 0 Å². The highest BCUT2D eigenvalue weighted by Crippen LogP contribution is 2.03. The molecule has 0 saturated heterocycles. The van der Waals surface area contributed by atoms with Crippen LogP contribution < -0.4 is 0 Å². The van der Waals surface area contributed by atoms with Gasteiger partial charge in [-0.3, -0.25) is 4.79 Å². The summed E-state index contributed by atoms with van der Waals surface area (Å²) >= 11 is 0. The van der Waals surface area contributed by atoms with Crippen LogP contribution in [0.1, 0.15) is 26.2 Å². The molecule has 0 saturated carbocycles. The zero-order valence-corrected chi connectivity index (χ0v) is 8.13. The molecule has 0 aliphatic rings. The number of ketones is 1. The Hall–Kier alpha value is -0.410. The van der Waals surface area contributed by atoms with Crippen LogP contribution in [0, 0.1) is 0 Å². The summed E-state index contributed by atoms with van der Waals surface area (Å²) in [4.78, 5) is 11.3. The number of hydrogen-bond donors (Lipinski definition) is 0. The summed E-state index contributed by atoms with van der Waals surface area (Å²) < 4.78 is 9.85. The molecular formula is C9H18O3. The van der Waals surface area contributed by atoms with Gasteiger partial charge < -0.3 is 9.47 Å². The van der Waals surface area contributed by atoms with Crippen molar-refractivity contribution in [1.29, 1.82) is 0 Å². The van der Waals surface area contributed by atoms with Crippen LogP contribution in [0.25, 0.3) is 0 Å². The van der Waals surface area contributed by atoms with Crippen LogP contribution in [0.2, 0.25) is 0 Å². The Morgan fingerprint density at radius 1 is 1.42 bits per heavy atom. The quantitative estimate of drug-likeness (QED) is 0.547. The smallest absolute Gasteiger partial charge is 0.161 e. The highest BCUT2D eigenvalue weighted by Gasteiger charge is 2.13. The van der Waals surface area contributed by atoms with Gasteiger partial charge in [0.05, 0.1) is 0 Å². The van der Waals surface area contributed by atoms with Gasteiger partial charge in [0.1, 0.15) is 6.10 Å². The topological polar surface area (TPSA) is 35.5 Å². The second-order valence-corrected chi connectivity index (χ2v) is 2.70. The fourth-order valence-corrected chi connectivity index (χ4v) is 1.08. The van der Waals surface area contributed by atoms with Crippen molar-refractivity contribution in [3.05, 3.63) is 0 Å². The van der Waals surface area contributed by atoms with E-state index in [2.05, 4.69) is 0 Å². The van der Waals surface area contributed by atoms with Gasteiger partial charge in [-0.25, -0.2) is 0 Å². The van der Waals surface area contributed by atoms with Crippen LogP contribution in [0.15, 0.2) is 0 Å². The Morgan fingerprint density at radius 3 is 2.50 bits per heavy atom. The molecule has 3 nitrogen and oxygen atoms in total. The summed E-state index contributed by atoms with van der Waals surface area (Å²) in [5, 5.41) is 0. The summed E-state index contributed by atoms with van der Waals surface area (Å²) in [7, 11) is 3.21. The molecule has 0 aliphatic heterocycles. The molecule has 0 amide bonds. The second kappa shape index (κ2) is 7.25. The zero-order chi connectivity index (χ0) is 9.40. The van der Waals surface area contributed by atoms with E-state index in [1.165, 1.54) is 0 Å². The molecule has 12 heavy (non-hydrogen) atoms. The van der Waals surface area contributed by atoms with Crippen molar-refractivity contribution in [1.82, 2.24) is 0 Å². The van der Waals surface area contributed by atoms with Gasteiger partial charge in [-0.05, 0) is 12.8 Å². The van der Waals surface area contributed by atoms with Crippen molar-refractivity contribution >= 4 is 5.78 Å². The van der Waals surface area contributed by atoms with Crippen LogP contribution >= 0.6 is 0 Å². The monoisotopic (exact) mass is 174 g/mol. The van der Waals surface area contributed by atoms with Crippen LogP contribution in [0.4, 0.5) is 0 Å². The fraction of sp³-hybridized carbons (Fsp3) is 0.889. The minimum Gasteiger partial charge on any atom is -0.385 e. The second-order valence-electron chi connectivity index (χ2n) is 2.70. The Kier molecular flexibility index (Phi) is 7.00. The standard InChI is InChI=1S/C9H18O3/c1-4-9(12-3)8(10)6-5-7-11-2/h9H,4-7H2,1-3H3. The number of rotatable bonds is 7. The first-order valence-corrected chi connectivity index (χ1v) is 4.30. The molecule has 3 heteroatoms. The van der Waals surface area contributed by atoms with Crippen LogP contribution in [0.3, 0.4) is 0 Å². The summed E-state index contributed by atoms with van der Waals surface area (Å²) in [6.45, 7) is 2.59. The van der Waals surface area contributed by atoms with Gasteiger partial charge in [0.25, 0.3) is 0 Å². The number of carbonyl (C=O) groups is 1. The third-order valence-electron chi connectivity index (χ3n) is 1.79. The highest BCUT2D eigenvalue weighted by molar-refractivity contribution is 5.82. The maximum atomic E-state index is 11.3. The lowest BCUT2D eigenvalue weighted by molar-refractivity contribution is -0.129. The molecule has 0 aromatic rings. The molecule has 0 N–H and O–H groups in total. The summed E-state index contributed by atoms with van der Waals surface area (Å²) in [5.41, 5.74) is 0. The summed E-state index contributed by atoms with van der Waals surface area (Å²) in [5.74, 6) is 0.178. The van der Waals surface area contributed by atoms with E-state index in [0.717, 1.165) is 12.8 Å². The van der Waals surface area contributed by atoms with Crippen molar-refractivity contribution in [2.24, 2.45) is 0 Å². The first-order chi connectivity index (χ1) is 5.76. The van der Waals surface area contributed by atoms with E-state index in [0.29, 0.717) is 13.0 Å². The number of hydrogen-bond acceptors (Lipinski definition) is 3. The number of methoxy groups -OCH3 is 2. The molecule has 0 aliphatic carbocycles. The SMILES string of the molecule is CCC(OC)C(=O)CCCOC. The first-order valence-electron chi connectivity index (χ1n) is 4.30. The molecule has 0 rings (SSSR count). The van der Waals surface area contributed by atoms with E-state index in [1.54, 1.807) is 14.2 Å². The molecule has 1 atom stereocenters. The molecule has 0 aromatic carbocycles. The molecular weight excluding hydrogens is 156 g/mol. The highest BCUT2D eigenvalue weighted by atomic mass is 16.5. The average molecular weight is 174 g/mol. The van der Waals surface area contributed by atoms with Crippen molar-refractivity contribution in [2.75, 3.05) is 20.8 Å². The minimum atomic E-state index is -0.221. The predicted octanol–water partition coefficient (Wildman–Crippen LogP) is 1.41. The van der Waals surface area contributed by atoms with E-state index in [-0.39, 0.29) is 11.9 Å². The molecule has 1 unspecified atom stereocenters. The predicted molar refractivity (Wildman–Crippen MR) is 47.2 cm³/mol. The van der Waals surface area contributed by atoms with Gasteiger partial charge in [0.15, 0.2) is 5.78 Å². The molecule has 0 spiro atoms. The van der Waals surface area contributed by atoms with Crippen LogP contribution in [-0.2, 0) is 14.3 Å². The Labute approximate surface area is 74.0 Å². The number of ether oxygens (including phenoxy) is 2. The Morgan fingerprint density at radius 2 is 2.08 bits per heavy atom. The number of Topliss-reactive ketones (excluding diaryl/α,β-unsaturated/α-hetero) is 1. The van der Waals surface area contributed by atoms with Crippen molar-refractivity contribution in [2.45, 2.75) is 32.3 Å². The lowest BCUT2D eigenvalue weighted by Crippen LogP contribution is -2.21.